The van der Waals surface area contributed by atoms with Crippen LogP contribution in [0.3, 0.4) is 0 Å². The molecule has 0 unspecified atom stereocenters. The van der Waals surface area contributed by atoms with Crippen LogP contribution in [0.25, 0.3) is 5.69 Å². The normalized spacial score (nSPS) is 10.5. The van der Waals surface area contributed by atoms with Crippen molar-refractivity contribution in [1.82, 2.24) is 9.55 Å². The number of aromatic amines is 1. The average Bonchev–Trinajstić information content (AvgIpc) is 2.38. The third-order valence-corrected chi connectivity index (χ3v) is 2.74. The number of H-pyrrole nitrogens is 1. The van der Waals surface area contributed by atoms with E-state index in [9.17, 15) is 19.1 Å². The highest BCUT2D eigenvalue weighted by Crippen LogP contribution is 2.27. The Morgan fingerprint density at radius 1 is 1.42 bits per heavy atom. The van der Waals surface area contributed by atoms with Gasteiger partial charge in [-0.15, -0.1) is 0 Å². The molecule has 0 bridgehead atoms. The number of halogens is 2. The first kappa shape index (κ1) is 13.2. The fraction of sp³-hybridized carbons (Fsp3) is 0.0909. The Hall–Kier alpha value is -2.28. The highest BCUT2D eigenvalue weighted by molar-refractivity contribution is 6.32. The summed E-state index contributed by atoms with van der Waals surface area (Å²) in [6, 6.07) is 4.09. The zero-order valence-electron chi connectivity index (χ0n) is 9.61. The maximum absolute atomic E-state index is 13.3. The molecule has 0 saturated carbocycles. The van der Waals surface area contributed by atoms with Gasteiger partial charge in [0.15, 0.2) is 0 Å². The molecule has 1 heterocycles. The first-order valence-corrected chi connectivity index (χ1v) is 5.41. The molecular formula is C11H8ClFN2O4. The van der Waals surface area contributed by atoms with Gasteiger partial charge in [0.05, 0.1) is 17.8 Å². The minimum atomic E-state index is -1.45. The summed E-state index contributed by atoms with van der Waals surface area (Å²) in [7, 11) is 1.36. The highest BCUT2D eigenvalue weighted by Gasteiger charge is 2.16. The molecule has 0 aliphatic carbocycles. The van der Waals surface area contributed by atoms with Crippen LogP contribution in [0.5, 0.6) is 11.6 Å². The van der Waals surface area contributed by atoms with Crippen molar-refractivity contribution < 1.29 is 14.2 Å². The lowest BCUT2D eigenvalue weighted by Gasteiger charge is -2.10. The number of methoxy groups -OCH3 is 1. The first-order valence-electron chi connectivity index (χ1n) is 5.03. The Labute approximate surface area is 110 Å². The Morgan fingerprint density at radius 3 is 2.74 bits per heavy atom. The van der Waals surface area contributed by atoms with Crippen molar-refractivity contribution in [3.8, 4) is 17.3 Å². The molecule has 2 N–H and O–H groups in total. The number of hydrogen-bond acceptors (Lipinski definition) is 4. The second kappa shape index (κ2) is 4.77. The molecule has 1 aromatic carbocycles. The molecule has 0 radical (unpaired) electrons. The number of hydrogen-bond donors (Lipinski definition) is 2. The van der Waals surface area contributed by atoms with Gasteiger partial charge in [-0.25, -0.2) is 9.36 Å². The van der Waals surface area contributed by atoms with Crippen LogP contribution in [0.4, 0.5) is 4.39 Å². The zero-order chi connectivity index (χ0) is 14.2. The van der Waals surface area contributed by atoms with Gasteiger partial charge in [0.1, 0.15) is 5.75 Å². The smallest absolute Gasteiger partial charge is 0.335 e. The van der Waals surface area contributed by atoms with Crippen LogP contribution in [0.15, 0.2) is 27.8 Å². The summed E-state index contributed by atoms with van der Waals surface area (Å²) in [5.41, 5.74) is -2.17. The monoisotopic (exact) mass is 286 g/mol. The topological polar surface area (TPSA) is 84.3 Å². The van der Waals surface area contributed by atoms with Gasteiger partial charge in [0, 0.05) is 6.07 Å². The fourth-order valence-corrected chi connectivity index (χ4v) is 1.73. The van der Waals surface area contributed by atoms with E-state index >= 15 is 0 Å². The second-order valence-corrected chi connectivity index (χ2v) is 3.96. The maximum Gasteiger partial charge on any atom is 0.335 e. The van der Waals surface area contributed by atoms with Gasteiger partial charge in [-0.1, -0.05) is 11.6 Å². The van der Waals surface area contributed by atoms with Crippen molar-refractivity contribution in [2.24, 2.45) is 0 Å². The van der Waals surface area contributed by atoms with Crippen LogP contribution in [0.1, 0.15) is 0 Å². The zero-order valence-corrected chi connectivity index (χ0v) is 10.4. The molecule has 0 aliphatic heterocycles. The van der Waals surface area contributed by atoms with Crippen LogP contribution in [-0.4, -0.2) is 21.8 Å². The molecule has 0 fully saturated rings. The number of aromatic hydroxyl groups is 1. The highest BCUT2D eigenvalue weighted by atomic mass is 35.5. The van der Waals surface area contributed by atoms with Crippen molar-refractivity contribution in [3.05, 3.63) is 49.9 Å². The average molecular weight is 287 g/mol. The standard InChI is InChI=1S/C11H8ClFN2O4/c1-19-7-4-5(2-3-6(7)12)15-10(17)8(13)9(16)14-11(15)18/h2-4,17H,1H3,(H,14,16,18). The lowest BCUT2D eigenvalue weighted by molar-refractivity contribution is 0.385. The largest absolute Gasteiger partial charge is 0.495 e. The molecule has 0 spiro atoms. The minimum absolute atomic E-state index is 0.0962. The van der Waals surface area contributed by atoms with Crippen LogP contribution >= 0.6 is 11.6 Å². The quantitative estimate of drug-likeness (QED) is 0.864. The Balaban J connectivity index is 2.76. The molecule has 19 heavy (non-hydrogen) atoms. The van der Waals surface area contributed by atoms with E-state index in [0.29, 0.717) is 4.57 Å². The number of ether oxygens (including phenoxy) is 1. The molecule has 0 amide bonds. The van der Waals surface area contributed by atoms with E-state index in [2.05, 4.69) is 0 Å². The van der Waals surface area contributed by atoms with Crippen molar-refractivity contribution in [2.75, 3.05) is 7.11 Å². The molecule has 0 atom stereocenters. The van der Waals surface area contributed by atoms with Crippen LogP contribution in [0, 0.1) is 5.82 Å². The summed E-state index contributed by atoms with van der Waals surface area (Å²) >= 11 is 5.81. The third kappa shape index (κ3) is 2.19. The van der Waals surface area contributed by atoms with Gasteiger partial charge < -0.3 is 9.84 Å². The molecule has 2 aromatic rings. The summed E-state index contributed by atoms with van der Waals surface area (Å²) in [5.74, 6) is -2.30. The summed E-state index contributed by atoms with van der Waals surface area (Å²) < 4.78 is 18.8. The van der Waals surface area contributed by atoms with Gasteiger partial charge >= 0.3 is 5.69 Å². The lowest BCUT2D eigenvalue weighted by Crippen LogP contribution is -2.30. The maximum atomic E-state index is 13.3. The molecule has 8 heteroatoms. The van der Waals surface area contributed by atoms with Crippen LogP contribution < -0.4 is 16.0 Å². The van der Waals surface area contributed by atoms with E-state index in [0.717, 1.165) is 0 Å². The van der Waals surface area contributed by atoms with Crippen molar-refractivity contribution in [1.29, 1.82) is 0 Å². The van der Waals surface area contributed by atoms with E-state index in [-0.39, 0.29) is 16.5 Å². The van der Waals surface area contributed by atoms with E-state index in [4.69, 9.17) is 16.3 Å². The number of aromatic nitrogens is 2. The predicted molar refractivity (Wildman–Crippen MR) is 65.8 cm³/mol. The lowest BCUT2D eigenvalue weighted by atomic mass is 10.3. The molecule has 0 aliphatic rings. The molecule has 2 rings (SSSR count). The number of nitrogens with zero attached hydrogens (tertiary/aromatic N) is 1. The summed E-state index contributed by atoms with van der Waals surface area (Å²) in [6.45, 7) is 0. The summed E-state index contributed by atoms with van der Waals surface area (Å²) in [6.07, 6.45) is 0. The molecule has 6 nitrogen and oxygen atoms in total. The summed E-state index contributed by atoms with van der Waals surface area (Å²) in [4.78, 5) is 24.3. The van der Waals surface area contributed by atoms with E-state index in [1.54, 1.807) is 4.98 Å². The van der Waals surface area contributed by atoms with Gasteiger partial charge in [0.2, 0.25) is 11.7 Å². The fourth-order valence-electron chi connectivity index (χ4n) is 1.53. The molecule has 1 aromatic heterocycles. The van der Waals surface area contributed by atoms with E-state index in [1.165, 1.54) is 25.3 Å². The molecule has 100 valence electrons. The number of nitrogens with one attached hydrogen (secondary N) is 1. The van der Waals surface area contributed by atoms with Crippen LogP contribution in [0.2, 0.25) is 5.02 Å². The van der Waals surface area contributed by atoms with E-state index in [1.807, 2.05) is 0 Å². The van der Waals surface area contributed by atoms with Crippen molar-refractivity contribution in [3.63, 3.8) is 0 Å². The second-order valence-electron chi connectivity index (χ2n) is 3.55. The Bertz CT molecular complexity index is 753. The SMILES string of the molecule is COc1cc(-n2c(O)c(F)c(=O)[nH]c2=O)ccc1Cl. The van der Waals surface area contributed by atoms with Gasteiger partial charge in [-0.05, 0) is 12.1 Å². The minimum Gasteiger partial charge on any atom is -0.495 e. The van der Waals surface area contributed by atoms with E-state index < -0.39 is 22.9 Å². The van der Waals surface area contributed by atoms with Crippen LogP contribution in [-0.2, 0) is 0 Å². The Morgan fingerprint density at radius 2 is 2.11 bits per heavy atom. The van der Waals surface area contributed by atoms with Crippen molar-refractivity contribution in [2.45, 2.75) is 0 Å². The molecular weight excluding hydrogens is 279 g/mol. The number of rotatable bonds is 2. The van der Waals surface area contributed by atoms with Gasteiger partial charge in [-0.3, -0.25) is 9.78 Å². The Kier molecular flexibility index (Phi) is 3.30. The summed E-state index contributed by atoms with van der Waals surface area (Å²) in [5, 5.41) is 9.82. The number of benzene rings is 1. The third-order valence-electron chi connectivity index (χ3n) is 2.42. The van der Waals surface area contributed by atoms with Gasteiger partial charge in [-0.2, -0.15) is 4.39 Å². The van der Waals surface area contributed by atoms with Gasteiger partial charge in [0.25, 0.3) is 5.56 Å². The first-order chi connectivity index (χ1) is 8.95. The van der Waals surface area contributed by atoms with Crippen molar-refractivity contribution >= 4 is 11.6 Å². The molecule has 0 saturated heterocycles. The predicted octanol–water partition coefficient (Wildman–Crippen LogP) is 1.03.